The molecule has 0 aromatic heterocycles. The molecule has 160 valence electrons. The second-order valence-corrected chi connectivity index (χ2v) is 9.10. The Morgan fingerprint density at radius 3 is 2.28 bits per heavy atom. The van der Waals surface area contributed by atoms with E-state index in [1.54, 1.807) is 7.11 Å². The molecule has 2 heterocycles. The van der Waals surface area contributed by atoms with Gasteiger partial charge in [0.2, 0.25) is 6.41 Å². The highest BCUT2D eigenvalue weighted by Gasteiger charge is 2.39. The molecule has 1 aromatic carbocycles. The fraction of sp³-hybridized carbons (Fsp3) is 0.636. The maximum absolute atomic E-state index is 12.3. The quantitative estimate of drug-likeness (QED) is 0.773. The Morgan fingerprint density at radius 2 is 1.72 bits per heavy atom. The van der Waals surface area contributed by atoms with Crippen LogP contribution in [0.25, 0.3) is 0 Å². The third-order valence-corrected chi connectivity index (χ3v) is 6.06. The number of hydrogen-bond acceptors (Lipinski definition) is 5. The Balaban J connectivity index is 1.56. The number of carbonyl (C=O) groups is 2. The summed E-state index contributed by atoms with van der Waals surface area (Å²) < 4.78 is 10.9. The van der Waals surface area contributed by atoms with Crippen LogP contribution in [-0.2, 0) is 9.53 Å². The fourth-order valence-electron chi connectivity index (χ4n) is 4.29. The van der Waals surface area contributed by atoms with Crippen LogP contribution >= 0.6 is 0 Å². The molecule has 2 aliphatic rings. The Bertz CT molecular complexity index is 726. The van der Waals surface area contributed by atoms with Gasteiger partial charge in [-0.05, 0) is 64.0 Å². The lowest BCUT2D eigenvalue weighted by Crippen LogP contribution is -2.49. The molecule has 2 saturated heterocycles. The van der Waals surface area contributed by atoms with Crippen molar-refractivity contribution >= 4 is 23.9 Å². The summed E-state index contributed by atoms with van der Waals surface area (Å²) in [6.07, 6.45) is 4.77. The topological polar surface area (TPSA) is 71.1 Å². The maximum atomic E-state index is 12.3. The minimum absolute atomic E-state index is 0.194. The number of benzene rings is 1. The van der Waals surface area contributed by atoms with Crippen LogP contribution in [0.2, 0.25) is 0 Å². The monoisotopic (exact) mass is 403 g/mol. The van der Waals surface area contributed by atoms with Gasteiger partial charge in [-0.1, -0.05) is 0 Å². The zero-order valence-corrected chi connectivity index (χ0v) is 18.0. The van der Waals surface area contributed by atoms with Crippen LogP contribution in [0.4, 0.5) is 16.2 Å². The summed E-state index contributed by atoms with van der Waals surface area (Å²) in [5, 5.41) is 2.66. The SMILES string of the molecule is COc1cc(N2CCC3(CCN(C(=O)OC(C)(C)C)CC3)CC2)ccc1NC=O. The summed E-state index contributed by atoms with van der Waals surface area (Å²) >= 11 is 0. The Hall–Kier alpha value is -2.44. The Morgan fingerprint density at radius 1 is 1.10 bits per heavy atom. The molecule has 0 unspecified atom stereocenters. The van der Waals surface area contributed by atoms with Gasteiger partial charge in [-0.15, -0.1) is 0 Å². The summed E-state index contributed by atoms with van der Waals surface area (Å²) in [6.45, 7) is 9.23. The lowest BCUT2D eigenvalue weighted by atomic mass is 9.71. The molecule has 0 aliphatic carbocycles. The number of hydrogen-bond donors (Lipinski definition) is 1. The van der Waals surface area contributed by atoms with Gasteiger partial charge in [-0.25, -0.2) is 4.79 Å². The average Bonchev–Trinajstić information content (AvgIpc) is 2.68. The molecule has 2 aliphatic heterocycles. The standard InChI is InChI=1S/C22H33N3O4/c1-21(2,3)29-20(27)25-13-9-22(10-14-25)7-11-24(12-8-22)17-5-6-18(23-16-26)19(15-17)28-4/h5-6,15-16H,7-14H2,1-4H3,(H,23,26). The van der Waals surface area contributed by atoms with Crippen LogP contribution in [-0.4, -0.2) is 56.3 Å². The molecule has 0 saturated carbocycles. The van der Waals surface area contributed by atoms with Crippen LogP contribution in [0, 0.1) is 5.41 Å². The third kappa shape index (κ3) is 5.14. The molecule has 7 heteroatoms. The highest BCUT2D eigenvalue weighted by atomic mass is 16.6. The molecule has 1 spiro atoms. The zero-order chi connectivity index (χ0) is 21.1. The second-order valence-electron chi connectivity index (χ2n) is 9.10. The molecule has 1 aromatic rings. The lowest BCUT2D eigenvalue weighted by Gasteiger charge is -2.47. The number of likely N-dealkylation sites (tertiary alicyclic amines) is 1. The lowest BCUT2D eigenvalue weighted by molar-refractivity contribution is -0.105. The van der Waals surface area contributed by atoms with Crippen molar-refractivity contribution in [3.05, 3.63) is 18.2 Å². The molecule has 1 N–H and O–H groups in total. The molecule has 0 atom stereocenters. The fourth-order valence-corrected chi connectivity index (χ4v) is 4.29. The van der Waals surface area contributed by atoms with Crippen molar-refractivity contribution in [2.45, 2.75) is 52.1 Å². The van der Waals surface area contributed by atoms with Gasteiger partial charge in [0.05, 0.1) is 12.8 Å². The van der Waals surface area contributed by atoms with E-state index in [0.29, 0.717) is 23.3 Å². The molecule has 2 fully saturated rings. The van der Waals surface area contributed by atoms with E-state index in [2.05, 4.69) is 10.2 Å². The first-order valence-electron chi connectivity index (χ1n) is 10.4. The van der Waals surface area contributed by atoms with Crippen molar-refractivity contribution in [3.63, 3.8) is 0 Å². The van der Waals surface area contributed by atoms with Gasteiger partial charge in [0.1, 0.15) is 11.4 Å². The minimum Gasteiger partial charge on any atom is -0.494 e. The number of anilines is 2. The highest BCUT2D eigenvalue weighted by molar-refractivity contribution is 5.77. The summed E-state index contributed by atoms with van der Waals surface area (Å²) in [7, 11) is 1.61. The first kappa shape index (κ1) is 21.3. The van der Waals surface area contributed by atoms with Crippen molar-refractivity contribution in [1.29, 1.82) is 0 Å². The van der Waals surface area contributed by atoms with E-state index < -0.39 is 5.60 Å². The Kier molecular flexibility index (Phi) is 6.24. The van der Waals surface area contributed by atoms with E-state index >= 15 is 0 Å². The van der Waals surface area contributed by atoms with Crippen LogP contribution < -0.4 is 15.0 Å². The molecule has 0 bridgehead atoms. The summed E-state index contributed by atoms with van der Waals surface area (Å²) in [5.41, 5.74) is 1.65. The van der Waals surface area contributed by atoms with E-state index in [0.717, 1.165) is 57.5 Å². The van der Waals surface area contributed by atoms with E-state index in [1.165, 1.54) is 0 Å². The van der Waals surface area contributed by atoms with Gasteiger partial charge in [0, 0.05) is 37.9 Å². The van der Waals surface area contributed by atoms with E-state index in [-0.39, 0.29) is 6.09 Å². The highest BCUT2D eigenvalue weighted by Crippen LogP contribution is 2.43. The number of methoxy groups -OCH3 is 1. The Labute approximate surface area is 173 Å². The first-order valence-corrected chi connectivity index (χ1v) is 10.4. The predicted molar refractivity (Wildman–Crippen MR) is 114 cm³/mol. The van der Waals surface area contributed by atoms with Gasteiger partial charge < -0.3 is 24.6 Å². The molecule has 7 nitrogen and oxygen atoms in total. The number of carbonyl (C=O) groups excluding carboxylic acids is 2. The van der Waals surface area contributed by atoms with E-state index in [9.17, 15) is 9.59 Å². The zero-order valence-electron chi connectivity index (χ0n) is 18.0. The van der Waals surface area contributed by atoms with Crippen LogP contribution in [0.15, 0.2) is 18.2 Å². The van der Waals surface area contributed by atoms with Gasteiger partial charge in [-0.3, -0.25) is 4.79 Å². The van der Waals surface area contributed by atoms with Crippen molar-refractivity contribution in [1.82, 2.24) is 4.90 Å². The minimum atomic E-state index is -0.449. The number of nitrogens with zero attached hydrogens (tertiary/aromatic N) is 2. The van der Waals surface area contributed by atoms with E-state index in [4.69, 9.17) is 9.47 Å². The number of piperidine rings is 2. The normalized spacial score (nSPS) is 19.0. The number of ether oxygens (including phenoxy) is 2. The average molecular weight is 404 g/mol. The predicted octanol–water partition coefficient (Wildman–Crippen LogP) is 3.88. The molecule has 0 radical (unpaired) electrons. The van der Waals surface area contributed by atoms with Crippen molar-refractivity contribution in [2.75, 3.05) is 43.5 Å². The first-order chi connectivity index (χ1) is 13.8. The van der Waals surface area contributed by atoms with Gasteiger partial charge in [0.25, 0.3) is 0 Å². The van der Waals surface area contributed by atoms with Crippen molar-refractivity contribution in [3.8, 4) is 5.75 Å². The van der Waals surface area contributed by atoms with Crippen LogP contribution in [0.1, 0.15) is 46.5 Å². The molecule has 29 heavy (non-hydrogen) atoms. The van der Waals surface area contributed by atoms with Gasteiger partial charge >= 0.3 is 6.09 Å². The third-order valence-electron chi connectivity index (χ3n) is 6.06. The second kappa shape index (κ2) is 8.51. The maximum Gasteiger partial charge on any atom is 0.410 e. The van der Waals surface area contributed by atoms with Crippen molar-refractivity contribution < 1.29 is 19.1 Å². The van der Waals surface area contributed by atoms with Gasteiger partial charge in [0.15, 0.2) is 0 Å². The van der Waals surface area contributed by atoms with Gasteiger partial charge in [-0.2, -0.15) is 0 Å². The molecular weight excluding hydrogens is 370 g/mol. The summed E-state index contributed by atoms with van der Waals surface area (Å²) in [6, 6.07) is 5.89. The number of rotatable bonds is 4. The largest absolute Gasteiger partial charge is 0.494 e. The molecule has 3 rings (SSSR count). The van der Waals surface area contributed by atoms with Crippen LogP contribution in [0.5, 0.6) is 5.75 Å². The van der Waals surface area contributed by atoms with Crippen LogP contribution in [0.3, 0.4) is 0 Å². The molecule has 2 amide bonds. The van der Waals surface area contributed by atoms with Crippen molar-refractivity contribution in [2.24, 2.45) is 5.41 Å². The smallest absolute Gasteiger partial charge is 0.410 e. The molecular formula is C22H33N3O4. The number of nitrogens with one attached hydrogen (secondary N) is 1. The number of amides is 2. The summed E-state index contributed by atoms with van der Waals surface area (Å²) in [5.74, 6) is 0.667. The summed E-state index contributed by atoms with van der Waals surface area (Å²) in [4.78, 5) is 27.3. The van der Waals surface area contributed by atoms with E-state index in [1.807, 2.05) is 43.9 Å².